The average Bonchev–Trinajstić information content (AvgIpc) is 3.12. The number of hydrazone groups is 1. The first-order valence-electron chi connectivity index (χ1n) is 8.72. The van der Waals surface area contributed by atoms with Crippen LogP contribution in [0.5, 0.6) is 5.75 Å². The van der Waals surface area contributed by atoms with Crippen LogP contribution in [0.3, 0.4) is 0 Å². The van der Waals surface area contributed by atoms with E-state index in [1.54, 1.807) is 30.6 Å². The number of rotatable bonds is 6. The van der Waals surface area contributed by atoms with Crippen LogP contribution in [-0.4, -0.2) is 27.2 Å². The predicted octanol–water partition coefficient (Wildman–Crippen LogP) is 3.88. The van der Waals surface area contributed by atoms with Crippen LogP contribution in [0, 0.1) is 0 Å². The molecule has 0 fully saturated rings. The molecule has 1 amide bonds. The van der Waals surface area contributed by atoms with E-state index >= 15 is 0 Å². The number of phenolic OH excluding ortho intramolecular Hbond substituents is 1. The van der Waals surface area contributed by atoms with Gasteiger partial charge in [0, 0.05) is 11.1 Å². The molecule has 0 atom stereocenters. The van der Waals surface area contributed by atoms with Crippen LogP contribution in [0.1, 0.15) is 46.8 Å². The largest absolute Gasteiger partial charge is 0.507 e. The fraction of sp³-hybridized carbons (Fsp3) is 0.190. The van der Waals surface area contributed by atoms with Crippen molar-refractivity contribution < 1.29 is 9.90 Å². The zero-order chi connectivity index (χ0) is 19.4. The number of carbonyl (C=O) groups excluding carboxylic acids is 1. The summed E-state index contributed by atoms with van der Waals surface area (Å²) in [6.45, 7) is 7.89. The summed E-state index contributed by atoms with van der Waals surface area (Å²) in [5, 5.41) is 14.5. The lowest BCUT2D eigenvalue weighted by molar-refractivity contribution is 0.0955. The van der Waals surface area contributed by atoms with E-state index in [1.165, 1.54) is 6.21 Å². The molecule has 0 radical (unpaired) electrons. The van der Waals surface area contributed by atoms with Crippen molar-refractivity contribution in [2.75, 3.05) is 0 Å². The van der Waals surface area contributed by atoms with E-state index in [0.29, 0.717) is 23.5 Å². The molecule has 2 aromatic carbocycles. The van der Waals surface area contributed by atoms with Crippen LogP contribution in [0.4, 0.5) is 0 Å². The van der Waals surface area contributed by atoms with Gasteiger partial charge in [-0.15, -0.1) is 6.58 Å². The Morgan fingerprint density at radius 1 is 1.37 bits per heavy atom. The van der Waals surface area contributed by atoms with Gasteiger partial charge in [-0.3, -0.25) is 4.79 Å². The van der Waals surface area contributed by atoms with Gasteiger partial charge in [0.2, 0.25) is 0 Å². The van der Waals surface area contributed by atoms with Gasteiger partial charge in [0.1, 0.15) is 5.75 Å². The molecule has 138 valence electrons. The Kier molecular flexibility index (Phi) is 5.35. The van der Waals surface area contributed by atoms with Gasteiger partial charge in [0.25, 0.3) is 5.91 Å². The van der Waals surface area contributed by atoms with Gasteiger partial charge in [-0.2, -0.15) is 5.10 Å². The molecule has 0 saturated heterocycles. The Bertz CT molecular complexity index is 1020. The van der Waals surface area contributed by atoms with E-state index in [9.17, 15) is 9.90 Å². The fourth-order valence-corrected chi connectivity index (χ4v) is 2.79. The second-order valence-corrected chi connectivity index (χ2v) is 6.60. The maximum absolute atomic E-state index is 12.3. The van der Waals surface area contributed by atoms with E-state index in [4.69, 9.17) is 0 Å². The molecule has 0 bridgehead atoms. The van der Waals surface area contributed by atoms with E-state index in [2.05, 4.69) is 40.9 Å². The number of carbonyl (C=O) groups is 1. The molecule has 27 heavy (non-hydrogen) atoms. The summed E-state index contributed by atoms with van der Waals surface area (Å²) in [7, 11) is 0. The Labute approximate surface area is 157 Å². The van der Waals surface area contributed by atoms with Crippen LogP contribution in [0.25, 0.3) is 11.0 Å². The normalized spacial score (nSPS) is 11.4. The van der Waals surface area contributed by atoms with Crippen LogP contribution >= 0.6 is 0 Å². The van der Waals surface area contributed by atoms with Gasteiger partial charge >= 0.3 is 0 Å². The Balaban J connectivity index is 1.80. The van der Waals surface area contributed by atoms with E-state index in [0.717, 1.165) is 22.2 Å². The lowest BCUT2D eigenvalue weighted by atomic mass is 9.96. The summed E-state index contributed by atoms with van der Waals surface area (Å²) in [5.41, 5.74) is 6.97. The number of imidazole rings is 1. The Hall–Kier alpha value is -3.41. The SMILES string of the molecule is C=CCc1cc(C(C)C)cc(/C=N/NC(=O)c2ccc3nc[nH]c3c2)c1O. The highest BCUT2D eigenvalue weighted by Gasteiger charge is 2.11. The van der Waals surface area contributed by atoms with Gasteiger partial charge < -0.3 is 10.1 Å². The summed E-state index contributed by atoms with van der Waals surface area (Å²) in [6.07, 6.45) is 5.34. The van der Waals surface area contributed by atoms with Gasteiger partial charge in [0.15, 0.2) is 0 Å². The number of hydrogen-bond acceptors (Lipinski definition) is 4. The number of amides is 1. The van der Waals surface area contributed by atoms with Crippen molar-refractivity contribution in [2.45, 2.75) is 26.2 Å². The smallest absolute Gasteiger partial charge is 0.271 e. The maximum Gasteiger partial charge on any atom is 0.271 e. The third-order valence-electron chi connectivity index (χ3n) is 4.32. The summed E-state index contributed by atoms with van der Waals surface area (Å²) in [5.74, 6) is 0.113. The highest BCUT2D eigenvalue weighted by atomic mass is 16.3. The van der Waals surface area contributed by atoms with E-state index in [1.807, 2.05) is 12.1 Å². The van der Waals surface area contributed by atoms with Crippen molar-refractivity contribution in [1.82, 2.24) is 15.4 Å². The molecule has 6 nitrogen and oxygen atoms in total. The Morgan fingerprint density at radius 3 is 2.93 bits per heavy atom. The van der Waals surface area contributed by atoms with Crippen LogP contribution in [0.2, 0.25) is 0 Å². The third kappa shape index (κ3) is 4.06. The number of aromatic amines is 1. The second-order valence-electron chi connectivity index (χ2n) is 6.60. The monoisotopic (exact) mass is 362 g/mol. The molecule has 0 spiro atoms. The zero-order valence-corrected chi connectivity index (χ0v) is 15.4. The second kappa shape index (κ2) is 7.86. The van der Waals surface area contributed by atoms with Gasteiger partial charge in [-0.25, -0.2) is 10.4 Å². The standard InChI is InChI=1S/C21H22N4O2/c1-4-5-14-8-16(13(2)3)9-17(20(14)26)11-24-25-21(27)15-6-7-18-19(10-15)23-12-22-18/h4,6-13,26H,1,5H2,2-3H3,(H,22,23)(H,25,27)/b24-11+. The lowest BCUT2D eigenvalue weighted by Crippen LogP contribution is -2.17. The number of allylic oxidation sites excluding steroid dienone is 1. The van der Waals surface area contributed by atoms with Crippen molar-refractivity contribution in [3.05, 3.63) is 71.6 Å². The van der Waals surface area contributed by atoms with Crippen LogP contribution in [-0.2, 0) is 6.42 Å². The van der Waals surface area contributed by atoms with Crippen molar-refractivity contribution in [3.63, 3.8) is 0 Å². The number of phenols is 1. The molecular formula is C21H22N4O2. The number of nitrogens with one attached hydrogen (secondary N) is 2. The molecular weight excluding hydrogens is 340 g/mol. The number of aromatic hydroxyl groups is 1. The Morgan fingerprint density at radius 2 is 2.19 bits per heavy atom. The number of hydrogen-bond donors (Lipinski definition) is 3. The van der Waals surface area contributed by atoms with E-state index < -0.39 is 0 Å². The number of nitrogens with zero attached hydrogens (tertiary/aromatic N) is 2. The summed E-state index contributed by atoms with van der Waals surface area (Å²) in [6, 6.07) is 9.01. The fourth-order valence-electron chi connectivity index (χ4n) is 2.79. The van der Waals surface area contributed by atoms with Crippen molar-refractivity contribution in [1.29, 1.82) is 0 Å². The molecule has 0 saturated carbocycles. The van der Waals surface area contributed by atoms with Gasteiger partial charge in [0.05, 0.1) is 23.6 Å². The highest BCUT2D eigenvalue weighted by Crippen LogP contribution is 2.27. The maximum atomic E-state index is 12.3. The molecule has 1 heterocycles. The highest BCUT2D eigenvalue weighted by molar-refractivity contribution is 5.97. The number of aromatic nitrogens is 2. The van der Waals surface area contributed by atoms with Gasteiger partial charge in [-0.1, -0.05) is 26.0 Å². The quantitative estimate of drug-likeness (QED) is 0.353. The van der Waals surface area contributed by atoms with Crippen molar-refractivity contribution >= 4 is 23.2 Å². The average molecular weight is 362 g/mol. The molecule has 1 aromatic heterocycles. The summed E-state index contributed by atoms with van der Waals surface area (Å²) in [4.78, 5) is 19.4. The molecule has 0 unspecified atom stereocenters. The van der Waals surface area contributed by atoms with Crippen molar-refractivity contribution in [2.24, 2.45) is 5.10 Å². The van der Waals surface area contributed by atoms with E-state index in [-0.39, 0.29) is 11.7 Å². The first kappa shape index (κ1) is 18.4. The molecule has 3 aromatic rings. The lowest BCUT2D eigenvalue weighted by Gasteiger charge is -2.12. The molecule has 0 aliphatic heterocycles. The third-order valence-corrected chi connectivity index (χ3v) is 4.32. The topological polar surface area (TPSA) is 90.4 Å². The summed E-state index contributed by atoms with van der Waals surface area (Å²) >= 11 is 0. The molecule has 0 aliphatic rings. The van der Waals surface area contributed by atoms with Gasteiger partial charge in [-0.05, 0) is 47.7 Å². The van der Waals surface area contributed by atoms with Crippen molar-refractivity contribution in [3.8, 4) is 5.75 Å². The first-order valence-corrected chi connectivity index (χ1v) is 8.72. The molecule has 3 rings (SSSR count). The predicted molar refractivity (Wildman–Crippen MR) is 107 cm³/mol. The minimum atomic E-state index is -0.339. The molecule has 3 N–H and O–H groups in total. The van der Waals surface area contributed by atoms with Crippen LogP contribution in [0.15, 0.2) is 54.4 Å². The minimum Gasteiger partial charge on any atom is -0.507 e. The summed E-state index contributed by atoms with van der Waals surface area (Å²) < 4.78 is 0. The molecule has 0 aliphatic carbocycles. The number of fused-ring (bicyclic) bond motifs is 1. The zero-order valence-electron chi connectivity index (χ0n) is 15.4. The molecule has 6 heteroatoms. The van der Waals surface area contributed by atoms with Crippen LogP contribution < -0.4 is 5.43 Å². The minimum absolute atomic E-state index is 0.149. The number of benzene rings is 2. The number of H-pyrrole nitrogens is 1. The first-order chi connectivity index (χ1) is 13.0.